The molecule has 0 fully saturated rings. The van der Waals surface area contributed by atoms with Gasteiger partial charge in [-0.2, -0.15) is 0 Å². The number of hydrogen-bond donors (Lipinski definition) is 3. The third-order valence-electron chi connectivity index (χ3n) is 3.73. The maximum atomic E-state index is 12.5. The van der Waals surface area contributed by atoms with E-state index in [2.05, 4.69) is 20.9 Å². The molecule has 138 valence electrons. The zero-order chi connectivity index (χ0) is 18.7. The molecule has 0 radical (unpaired) electrons. The van der Waals surface area contributed by atoms with E-state index in [0.29, 0.717) is 35.4 Å². The predicted molar refractivity (Wildman–Crippen MR) is 104 cm³/mol. The van der Waals surface area contributed by atoms with Gasteiger partial charge in [-0.1, -0.05) is 29.0 Å². The number of carbonyl (C=O) groups is 2. The van der Waals surface area contributed by atoms with Crippen LogP contribution in [0.4, 0.5) is 20.4 Å². The van der Waals surface area contributed by atoms with E-state index >= 15 is 0 Å². The Morgan fingerprint density at radius 1 is 1.31 bits per heavy atom. The Bertz CT molecular complexity index is 823. The van der Waals surface area contributed by atoms with E-state index in [1.807, 2.05) is 13.8 Å². The van der Waals surface area contributed by atoms with E-state index in [9.17, 15) is 9.59 Å². The molecule has 0 saturated carbocycles. The van der Waals surface area contributed by atoms with Crippen LogP contribution < -0.4 is 16.0 Å². The van der Waals surface area contributed by atoms with Gasteiger partial charge in [-0.05, 0) is 32.0 Å². The number of halogens is 1. The highest BCUT2D eigenvalue weighted by atomic mass is 35.5. The average Bonchev–Trinajstić information content (AvgIpc) is 2.94. The highest BCUT2D eigenvalue weighted by molar-refractivity contribution is 7.15. The Balaban J connectivity index is 1.62. The lowest BCUT2D eigenvalue weighted by Crippen LogP contribution is -2.38. The number of carbonyl (C=O) groups excluding carboxylic acids is 2. The molecule has 2 heterocycles. The van der Waals surface area contributed by atoms with Gasteiger partial charge in [-0.3, -0.25) is 5.32 Å². The lowest BCUT2D eigenvalue weighted by atomic mass is 10.2. The molecule has 1 aliphatic heterocycles. The first-order valence-electron chi connectivity index (χ1n) is 8.28. The normalized spacial score (nSPS) is 13.3. The summed E-state index contributed by atoms with van der Waals surface area (Å²) in [5.74, 6) is 0. The van der Waals surface area contributed by atoms with Gasteiger partial charge >= 0.3 is 12.1 Å². The van der Waals surface area contributed by atoms with E-state index in [1.165, 1.54) is 11.3 Å². The Hall–Kier alpha value is -2.32. The molecule has 1 aromatic heterocycles. The first-order valence-corrected chi connectivity index (χ1v) is 9.48. The van der Waals surface area contributed by atoms with Gasteiger partial charge in [0.1, 0.15) is 0 Å². The largest absolute Gasteiger partial charge is 0.336 e. The Morgan fingerprint density at radius 2 is 2.12 bits per heavy atom. The van der Waals surface area contributed by atoms with Gasteiger partial charge in [0, 0.05) is 34.6 Å². The van der Waals surface area contributed by atoms with Crippen LogP contribution in [0.1, 0.15) is 24.4 Å². The summed E-state index contributed by atoms with van der Waals surface area (Å²) in [6, 6.07) is 6.63. The van der Waals surface area contributed by atoms with Gasteiger partial charge in [0.05, 0.1) is 12.2 Å². The Kier molecular flexibility index (Phi) is 5.63. The summed E-state index contributed by atoms with van der Waals surface area (Å²) >= 11 is 7.34. The molecule has 3 N–H and O–H groups in total. The van der Waals surface area contributed by atoms with E-state index in [-0.39, 0.29) is 18.1 Å². The summed E-state index contributed by atoms with van der Waals surface area (Å²) in [5.41, 5.74) is 1.59. The van der Waals surface area contributed by atoms with Crippen LogP contribution in [0.2, 0.25) is 5.02 Å². The van der Waals surface area contributed by atoms with Gasteiger partial charge in [0.15, 0.2) is 5.13 Å². The molecule has 4 amide bonds. The topological polar surface area (TPSA) is 86.4 Å². The molecule has 3 rings (SSSR count). The van der Waals surface area contributed by atoms with Crippen LogP contribution in [0.15, 0.2) is 24.3 Å². The lowest BCUT2D eigenvalue weighted by Gasteiger charge is -2.26. The number of nitrogens with zero attached hydrogens (tertiary/aromatic N) is 2. The third-order valence-corrected chi connectivity index (χ3v) is 4.97. The summed E-state index contributed by atoms with van der Waals surface area (Å²) in [6.45, 7) is 4.82. The maximum absolute atomic E-state index is 12.5. The molecule has 1 aromatic carbocycles. The molecule has 0 bridgehead atoms. The fourth-order valence-corrected chi connectivity index (χ4v) is 3.80. The molecule has 0 aliphatic carbocycles. The van der Waals surface area contributed by atoms with Crippen molar-refractivity contribution in [1.29, 1.82) is 0 Å². The van der Waals surface area contributed by atoms with E-state index in [4.69, 9.17) is 11.6 Å². The lowest BCUT2D eigenvalue weighted by molar-refractivity contribution is 0.207. The first kappa shape index (κ1) is 18.5. The van der Waals surface area contributed by atoms with Crippen molar-refractivity contribution in [2.75, 3.05) is 17.2 Å². The number of benzene rings is 1. The number of anilines is 2. The van der Waals surface area contributed by atoms with Gasteiger partial charge < -0.3 is 15.5 Å². The van der Waals surface area contributed by atoms with E-state index < -0.39 is 0 Å². The summed E-state index contributed by atoms with van der Waals surface area (Å²) < 4.78 is 0. The fraction of sp³-hybridized carbons (Fsp3) is 0.353. The number of fused-ring (bicyclic) bond motifs is 1. The standard InChI is InChI=1S/C17H20ClN5O2S/c1-10(2)19-15(24)22-16-21-13-6-7-23(9-14(13)26-16)17(25)20-12-5-3-4-11(18)8-12/h3-5,8,10H,6-7,9H2,1-2H3,(H,20,25)(H2,19,21,22,24). The summed E-state index contributed by atoms with van der Waals surface area (Å²) in [5, 5.41) is 9.47. The first-order chi connectivity index (χ1) is 12.4. The van der Waals surface area contributed by atoms with Crippen LogP contribution in [0, 0.1) is 0 Å². The fourth-order valence-electron chi connectivity index (χ4n) is 2.59. The van der Waals surface area contributed by atoms with Crippen LogP contribution in [-0.4, -0.2) is 34.5 Å². The molecule has 0 spiro atoms. The number of urea groups is 2. The number of thiazole rings is 1. The summed E-state index contributed by atoms with van der Waals surface area (Å²) in [6.07, 6.45) is 0.655. The minimum atomic E-state index is -0.276. The SMILES string of the molecule is CC(C)NC(=O)Nc1nc2c(s1)CN(C(=O)Nc1cccc(Cl)c1)CC2. The molecule has 0 atom stereocenters. The minimum Gasteiger partial charge on any atom is -0.336 e. The van der Waals surface area contributed by atoms with Crippen molar-refractivity contribution in [3.05, 3.63) is 39.9 Å². The van der Waals surface area contributed by atoms with Crippen LogP contribution >= 0.6 is 22.9 Å². The maximum Gasteiger partial charge on any atom is 0.322 e. The van der Waals surface area contributed by atoms with E-state index in [0.717, 1.165) is 10.6 Å². The van der Waals surface area contributed by atoms with Gasteiger partial charge in [-0.15, -0.1) is 0 Å². The van der Waals surface area contributed by atoms with Crippen LogP contribution in [0.25, 0.3) is 0 Å². The van der Waals surface area contributed by atoms with Crippen LogP contribution in [0.5, 0.6) is 0 Å². The van der Waals surface area contributed by atoms with Gasteiger partial charge in [0.25, 0.3) is 0 Å². The molecular formula is C17H20ClN5O2S. The monoisotopic (exact) mass is 393 g/mol. The van der Waals surface area contributed by atoms with Crippen molar-refractivity contribution in [2.45, 2.75) is 32.9 Å². The molecule has 26 heavy (non-hydrogen) atoms. The van der Waals surface area contributed by atoms with Crippen molar-refractivity contribution in [2.24, 2.45) is 0 Å². The highest BCUT2D eigenvalue weighted by Gasteiger charge is 2.24. The van der Waals surface area contributed by atoms with Gasteiger partial charge in [-0.25, -0.2) is 14.6 Å². The van der Waals surface area contributed by atoms with Crippen molar-refractivity contribution >= 4 is 45.8 Å². The molecule has 0 saturated heterocycles. The van der Waals surface area contributed by atoms with Crippen molar-refractivity contribution in [3.8, 4) is 0 Å². The smallest absolute Gasteiger partial charge is 0.322 e. The summed E-state index contributed by atoms with van der Waals surface area (Å²) in [7, 11) is 0. The second kappa shape index (κ2) is 7.92. The molecular weight excluding hydrogens is 374 g/mol. The molecule has 9 heteroatoms. The Morgan fingerprint density at radius 3 is 2.85 bits per heavy atom. The highest BCUT2D eigenvalue weighted by Crippen LogP contribution is 2.28. The average molecular weight is 394 g/mol. The number of hydrogen-bond acceptors (Lipinski definition) is 4. The third kappa shape index (κ3) is 4.64. The number of aromatic nitrogens is 1. The van der Waals surface area contributed by atoms with Crippen LogP contribution in [0.3, 0.4) is 0 Å². The molecule has 1 aliphatic rings. The van der Waals surface area contributed by atoms with Crippen molar-refractivity contribution in [3.63, 3.8) is 0 Å². The quantitative estimate of drug-likeness (QED) is 0.738. The summed E-state index contributed by atoms with van der Waals surface area (Å²) in [4.78, 5) is 31.4. The molecule has 7 nitrogen and oxygen atoms in total. The second-order valence-corrected chi connectivity index (χ2v) is 7.77. The minimum absolute atomic E-state index is 0.0512. The van der Waals surface area contributed by atoms with E-state index in [1.54, 1.807) is 29.2 Å². The molecule has 2 aromatic rings. The zero-order valence-corrected chi connectivity index (χ0v) is 16.1. The molecule has 0 unspecified atom stereocenters. The number of rotatable bonds is 3. The second-order valence-electron chi connectivity index (χ2n) is 6.25. The van der Waals surface area contributed by atoms with Crippen molar-refractivity contribution in [1.82, 2.24) is 15.2 Å². The van der Waals surface area contributed by atoms with Gasteiger partial charge in [0.2, 0.25) is 0 Å². The predicted octanol–water partition coefficient (Wildman–Crippen LogP) is 3.92. The Labute approximate surface area is 160 Å². The van der Waals surface area contributed by atoms with Crippen molar-refractivity contribution < 1.29 is 9.59 Å². The number of nitrogens with one attached hydrogen (secondary N) is 3. The number of amides is 4. The van der Waals surface area contributed by atoms with Crippen LogP contribution in [-0.2, 0) is 13.0 Å². The zero-order valence-electron chi connectivity index (χ0n) is 14.5.